The van der Waals surface area contributed by atoms with Crippen molar-refractivity contribution in [3.63, 3.8) is 0 Å². The van der Waals surface area contributed by atoms with Gasteiger partial charge in [-0.15, -0.1) is 0 Å². The van der Waals surface area contributed by atoms with E-state index < -0.39 is 0 Å². The summed E-state index contributed by atoms with van der Waals surface area (Å²) in [5, 5.41) is 3.05. The number of rotatable bonds is 7. The Morgan fingerprint density at radius 1 is 1.08 bits per heavy atom. The highest BCUT2D eigenvalue weighted by atomic mass is 79.9. The predicted molar refractivity (Wildman–Crippen MR) is 148 cm³/mol. The molecule has 2 aromatic rings. The van der Waals surface area contributed by atoms with Crippen molar-refractivity contribution in [1.82, 2.24) is 14.7 Å². The second kappa shape index (κ2) is 12.3. The number of halogens is 1. The summed E-state index contributed by atoms with van der Waals surface area (Å²) < 4.78 is 11.7. The Balaban J connectivity index is 1.59. The molecule has 200 valence electrons. The van der Waals surface area contributed by atoms with E-state index in [1.807, 2.05) is 29.2 Å². The first kappa shape index (κ1) is 27.4. The number of nitrogens with one attached hydrogen (secondary N) is 1. The van der Waals surface area contributed by atoms with E-state index in [1.165, 1.54) is 12.5 Å². The summed E-state index contributed by atoms with van der Waals surface area (Å²) in [7, 11) is 5.82. The van der Waals surface area contributed by atoms with Crippen LogP contribution in [-0.2, 0) is 9.53 Å². The van der Waals surface area contributed by atoms with Crippen LogP contribution in [0.1, 0.15) is 24.8 Å². The Morgan fingerprint density at radius 2 is 1.78 bits per heavy atom. The van der Waals surface area contributed by atoms with Crippen molar-refractivity contribution in [3.8, 4) is 5.75 Å². The minimum Gasteiger partial charge on any atom is -0.497 e. The van der Waals surface area contributed by atoms with Gasteiger partial charge in [0.25, 0.3) is 0 Å². The maximum Gasteiger partial charge on any atom is 0.321 e. The zero-order chi connectivity index (χ0) is 26.5. The van der Waals surface area contributed by atoms with Crippen molar-refractivity contribution in [2.45, 2.75) is 31.3 Å². The number of carbonyl (C=O) groups excluding carboxylic acids is 2. The van der Waals surface area contributed by atoms with E-state index in [4.69, 9.17) is 9.47 Å². The van der Waals surface area contributed by atoms with E-state index in [0.717, 1.165) is 35.4 Å². The molecule has 2 aliphatic heterocycles. The third-order valence-electron chi connectivity index (χ3n) is 7.32. The zero-order valence-electron chi connectivity index (χ0n) is 22.0. The summed E-state index contributed by atoms with van der Waals surface area (Å²) in [6.07, 6.45) is 0.768. The number of fused-ring (bicyclic) bond motifs is 1. The molecule has 2 heterocycles. The predicted octanol–water partition coefficient (Wildman–Crippen LogP) is 4.27. The van der Waals surface area contributed by atoms with Crippen LogP contribution in [0.25, 0.3) is 0 Å². The lowest BCUT2D eigenvalue weighted by molar-refractivity contribution is -0.143. The molecule has 0 spiro atoms. The van der Waals surface area contributed by atoms with Crippen LogP contribution in [-0.4, -0.2) is 92.8 Å². The molecule has 9 heteroatoms. The Labute approximate surface area is 228 Å². The summed E-state index contributed by atoms with van der Waals surface area (Å²) in [6.45, 7) is 4.80. The van der Waals surface area contributed by atoms with Crippen molar-refractivity contribution in [2.75, 3.05) is 59.3 Å². The van der Waals surface area contributed by atoms with Gasteiger partial charge in [-0.1, -0.05) is 28.1 Å². The molecule has 0 saturated carbocycles. The monoisotopic (exact) mass is 572 g/mol. The van der Waals surface area contributed by atoms with E-state index in [-0.39, 0.29) is 24.0 Å². The van der Waals surface area contributed by atoms with Gasteiger partial charge in [0, 0.05) is 67.2 Å². The van der Waals surface area contributed by atoms with Crippen LogP contribution in [0.15, 0.2) is 53.0 Å². The van der Waals surface area contributed by atoms with Crippen LogP contribution in [0.2, 0.25) is 0 Å². The van der Waals surface area contributed by atoms with Crippen LogP contribution < -0.4 is 10.1 Å². The quantitative estimate of drug-likeness (QED) is 0.499. The number of amides is 2. The van der Waals surface area contributed by atoms with E-state index in [9.17, 15) is 9.59 Å². The molecule has 1 N–H and O–H groups in total. The van der Waals surface area contributed by atoms with E-state index in [0.29, 0.717) is 31.7 Å². The number of ether oxygens (including phenoxy) is 2. The van der Waals surface area contributed by atoms with E-state index in [2.05, 4.69) is 69.4 Å². The number of benzene rings is 2. The molecule has 1 unspecified atom stereocenters. The third-order valence-corrected chi connectivity index (χ3v) is 7.85. The highest BCUT2D eigenvalue weighted by molar-refractivity contribution is 9.10. The van der Waals surface area contributed by atoms with Gasteiger partial charge in [-0.3, -0.25) is 9.69 Å². The standard InChI is InChI=1S/C28H37BrN4O4/c1-19(34)37-18-20-13-14-32(28(35)30-23-9-11-24(36-4)12-10-23)17-26-27(21-5-7-22(29)8-6-21)25(16-31(2)3)33(26)15-20/h5-12,20,25-27H,13-18H2,1-4H3,(H,30,35)/t20?,25-,26+,27+/m1/s1. The average molecular weight is 574 g/mol. The first-order valence-corrected chi connectivity index (χ1v) is 13.5. The number of hydrogen-bond donors (Lipinski definition) is 1. The number of hydrogen-bond acceptors (Lipinski definition) is 6. The van der Waals surface area contributed by atoms with Crippen LogP contribution in [0.4, 0.5) is 10.5 Å². The molecule has 0 bridgehead atoms. The molecule has 2 aliphatic rings. The summed E-state index contributed by atoms with van der Waals surface area (Å²) in [5.41, 5.74) is 2.01. The minimum absolute atomic E-state index is 0.121. The van der Waals surface area contributed by atoms with E-state index in [1.54, 1.807) is 7.11 Å². The lowest BCUT2D eigenvalue weighted by Gasteiger charge is -2.59. The molecule has 4 rings (SSSR count). The number of likely N-dealkylation sites (N-methyl/N-ethyl adjacent to an activating group) is 1. The normalized spacial score (nSPS) is 23.9. The van der Waals surface area contributed by atoms with Crippen LogP contribution in [0.3, 0.4) is 0 Å². The number of anilines is 1. The lowest BCUT2D eigenvalue weighted by Crippen LogP contribution is -2.70. The molecule has 2 amide bonds. The Hall–Kier alpha value is -2.62. The summed E-state index contributed by atoms with van der Waals surface area (Å²) in [5.74, 6) is 0.915. The van der Waals surface area contributed by atoms with Crippen molar-refractivity contribution >= 4 is 33.6 Å². The highest BCUT2D eigenvalue weighted by Gasteiger charge is 2.51. The molecule has 2 fully saturated rings. The first-order valence-electron chi connectivity index (χ1n) is 12.7. The number of nitrogens with zero attached hydrogens (tertiary/aromatic N) is 3. The smallest absolute Gasteiger partial charge is 0.321 e. The second-order valence-electron chi connectivity index (χ2n) is 10.2. The number of urea groups is 1. The molecule has 37 heavy (non-hydrogen) atoms. The molecule has 0 radical (unpaired) electrons. The fourth-order valence-electron chi connectivity index (χ4n) is 5.50. The molecule has 2 aromatic carbocycles. The minimum atomic E-state index is -0.270. The van der Waals surface area contributed by atoms with Crippen molar-refractivity contribution in [3.05, 3.63) is 58.6 Å². The van der Waals surface area contributed by atoms with Crippen LogP contribution in [0, 0.1) is 5.92 Å². The highest BCUT2D eigenvalue weighted by Crippen LogP contribution is 2.43. The van der Waals surface area contributed by atoms with Gasteiger partial charge in [-0.2, -0.15) is 0 Å². The van der Waals surface area contributed by atoms with Gasteiger partial charge in [-0.25, -0.2) is 4.79 Å². The maximum atomic E-state index is 13.4. The Bertz CT molecular complexity index is 1060. The van der Waals surface area contributed by atoms with E-state index >= 15 is 0 Å². The van der Waals surface area contributed by atoms with Gasteiger partial charge < -0.3 is 24.6 Å². The zero-order valence-corrected chi connectivity index (χ0v) is 23.6. The molecular formula is C28H37BrN4O4. The Kier molecular flexibility index (Phi) is 9.10. The van der Waals surface area contributed by atoms with Crippen LogP contribution >= 0.6 is 15.9 Å². The van der Waals surface area contributed by atoms with Crippen molar-refractivity contribution < 1.29 is 19.1 Å². The second-order valence-corrected chi connectivity index (χ2v) is 11.1. The van der Waals surface area contributed by atoms with Gasteiger partial charge in [0.2, 0.25) is 0 Å². The topological polar surface area (TPSA) is 74.3 Å². The average Bonchev–Trinajstić information content (AvgIpc) is 2.85. The first-order chi connectivity index (χ1) is 17.7. The SMILES string of the molecule is COc1ccc(NC(=O)N2CCC(COC(C)=O)CN3[C@H](CN(C)C)[C@H](c4ccc(Br)cc4)[C@@H]3C2)cc1. The fourth-order valence-corrected chi connectivity index (χ4v) is 5.77. The molecule has 8 nitrogen and oxygen atoms in total. The van der Waals surface area contributed by atoms with Gasteiger partial charge in [0.05, 0.1) is 13.7 Å². The van der Waals surface area contributed by atoms with Crippen molar-refractivity contribution in [2.24, 2.45) is 5.92 Å². The maximum absolute atomic E-state index is 13.4. The molecule has 4 atom stereocenters. The lowest BCUT2D eigenvalue weighted by atomic mass is 9.73. The fraction of sp³-hybridized carbons (Fsp3) is 0.500. The largest absolute Gasteiger partial charge is 0.497 e. The molecule has 0 aromatic heterocycles. The van der Waals surface area contributed by atoms with Crippen molar-refractivity contribution in [1.29, 1.82) is 0 Å². The molecular weight excluding hydrogens is 536 g/mol. The number of esters is 1. The number of carbonyl (C=O) groups is 2. The van der Waals surface area contributed by atoms with Gasteiger partial charge in [-0.05, 0) is 62.5 Å². The number of methoxy groups -OCH3 is 1. The van der Waals surface area contributed by atoms with Gasteiger partial charge >= 0.3 is 12.0 Å². The summed E-state index contributed by atoms with van der Waals surface area (Å²) in [4.78, 5) is 31.7. The summed E-state index contributed by atoms with van der Waals surface area (Å²) >= 11 is 3.56. The van der Waals surface area contributed by atoms with Gasteiger partial charge in [0.1, 0.15) is 5.75 Å². The van der Waals surface area contributed by atoms with Gasteiger partial charge in [0.15, 0.2) is 0 Å². The third kappa shape index (κ3) is 6.83. The Morgan fingerprint density at radius 3 is 2.41 bits per heavy atom. The molecule has 2 saturated heterocycles. The molecule has 0 aliphatic carbocycles. The summed E-state index contributed by atoms with van der Waals surface area (Å²) in [6, 6.07) is 16.3. The van der Waals surface area contributed by atoms with Crippen LogP contribution in [0.5, 0.6) is 5.75 Å².